The summed E-state index contributed by atoms with van der Waals surface area (Å²) in [6, 6.07) is 0. The predicted molar refractivity (Wildman–Crippen MR) is 37.7 cm³/mol. The molecule has 0 saturated carbocycles. The zero-order valence-corrected chi connectivity index (χ0v) is 6.37. The van der Waals surface area contributed by atoms with E-state index in [1.165, 1.54) is 0 Å². The Hall–Kier alpha value is -0.570. The molecule has 0 aromatic carbocycles. The SMILES string of the molecule is CCC(CC)[C@@H](O)C(=O)O. The maximum atomic E-state index is 10.2. The van der Waals surface area contributed by atoms with Gasteiger partial charge in [-0.3, -0.25) is 0 Å². The van der Waals surface area contributed by atoms with Gasteiger partial charge in [-0.2, -0.15) is 0 Å². The van der Waals surface area contributed by atoms with Crippen LogP contribution in [0, 0.1) is 5.92 Å². The van der Waals surface area contributed by atoms with Gasteiger partial charge in [0.1, 0.15) is 0 Å². The second kappa shape index (κ2) is 4.28. The van der Waals surface area contributed by atoms with E-state index in [1.54, 1.807) is 0 Å². The molecule has 0 heterocycles. The molecule has 0 bridgehead atoms. The Balaban J connectivity index is 3.88. The summed E-state index contributed by atoms with van der Waals surface area (Å²) >= 11 is 0. The van der Waals surface area contributed by atoms with Crippen molar-refractivity contribution in [2.45, 2.75) is 32.8 Å². The van der Waals surface area contributed by atoms with E-state index in [9.17, 15) is 4.79 Å². The normalized spacial score (nSPS) is 13.6. The summed E-state index contributed by atoms with van der Waals surface area (Å²) in [5.74, 6) is -1.22. The Morgan fingerprint density at radius 3 is 1.90 bits per heavy atom. The molecule has 0 fully saturated rings. The van der Waals surface area contributed by atoms with E-state index in [0.717, 1.165) is 0 Å². The van der Waals surface area contributed by atoms with E-state index in [2.05, 4.69) is 0 Å². The van der Waals surface area contributed by atoms with Crippen LogP contribution in [0.15, 0.2) is 0 Å². The van der Waals surface area contributed by atoms with Gasteiger partial charge in [0.2, 0.25) is 0 Å². The number of aliphatic hydroxyl groups excluding tert-OH is 1. The summed E-state index contributed by atoms with van der Waals surface area (Å²) in [6.45, 7) is 3.75. The third-order valence-electron chi connectivity index (χ3n) is 1.75. The van der Waals surface area contributed by atoms with Gasteiger partial charge in [-0.15, -0.1) is 0 Å². The summed E-state index contributed by atoms with van der Waals surface area (Å²) in [5.41, 5.74) is 0. The Morgan fingerprint density at radius 1 is 1.40 bits per heavy atom. The van der Waals surface area contributed by atoms with Gasteiger partial charge < -0.3 is 10.2 Å². The third kappa shape index (κ3) is 2.35. The molecule has 0 unspecified atom stereocenters. The maximum Gasteiger partial charge on any atom is 0.332 e. The Labute approximate surface area is 60.7 Å². The Kier molecular flexibility index (Phi) is 4.03. The fourth-order valence-corrected chi connectivity index (χ4v) is 0.937. The molecular formula is C7H14O3. The molecule has 0 aliphatic heterocycles. The highest BCUT2D eigenvalue weighted by Gasteiger charge is 2.21. The highest BCUT2D eigenvalue weighted by atomic mass is 16.4. The highest BCUT2D eigenvalue weighted by molar-refractivity contribution is 5.72. The molecule has 0 amide bonds. The fraction of sp³-hybridized carbons (Fsp3) is 0.857. The molecule has 0 aromatic rings. The largest absolute Gasteiger partial charge is 0.479 e. The smallest absolute Gasteiger partial charge is 0.332 e. The lowest BCUT2D eigenvalue weighted by molar-refractivity contribution is -0.149. The summed E-state index contributed by atoms with van der Waals surface area (Å²) < 4.78 is 0. The van der Waals surface area contributed by atoms with Crippen molar-refractivity contribution in [2.75, 3.05) is 0 Å². The monoisotopic (exact) mass is 146 g/mol. The van der Waals surface area contributed by atoms with Crippen LogP contribution in [0.4, 0.5) is 0 Å². The van der Waals surface area contributed by atoms with Crippen LogP contribution in [0.25, 0.3) is 0 Å². The number of carbonyl (C=O) groups is 1. The van der Waals surface area contributed by atoms with Crippen molar-refractivity contribution in [1.29, 1.82) is 0 Å². The molecule has 0 radical (unpaired) electrons. The second-order valence-electron chi connectivity index (χ2n) is 2.36. The fourth-order valence-electron chi connectivity index (χ4n) is 0.937. The molecule has 3 nitrogen and oxygen atoms in total. The van der Waals surface area contributed by atoms with E-state index in [0.29, 0.717) is 12.8 Å². The zero-order valence-electron chi connectivity index (χ0n) is 6.37. The van der Waals surface area contributed by atoms with E-state index in [1.807, 2.05) is 13.8 Å². The zero-order chi connectivity index (χ0) is 8.15. The number of rotatable bonds is 4. The Morgan fingerprint density at radius 2 is 1.80 bits per heavy atom. The van der Waals surface area contributed by atoms with Gasteiger partial charge in [-0.1, -0.05) is 26.7 Å². The van der Waals surface area contributed by atoms with Crippen molar-refractivity contribution in [3.63, 3.8) is 0 Å². The van der Waals surface area contributed by atoms with Crippen molar-refractivity contribution in [2.24, 2.45) is 5.92 Å². The van der Waals surface area contributed by atoms with Crippen LogP contribution >= 0.6 is 0 Å². The van der Waals surface area contributed by atoms with E-state index in [4.69, 9.17) is 10.2 Å². The number of carboxylic acid groups (broad SMARTS) is 1. The van der Waals surface area contributed by atoms with Gasteiger partial charge in [0.05, 0.1) is 0 Å². The van der Waals surface area contributed by atoms with Crippen LogP contribution in [-0.2, 0) is 4.79 Å². The van der Waals surface area contributed by atoms with Crippen LogP contribution < -0.4 is 0 Å². The van der Waals surface area contributed by atoms with Crippen molar-refractivity contribution in [1.82, 2.24) is 0 Å². The number of hydrogen-bond acceptors (Lipinski definition) is 2. The molecule has 0 spiro atoms. The highest BCUT2D eigenvalue weighted by Crippen LogP contribution is 2.12. The average Bonchev–Trinajstić information content (AvgIpc) is 1.90. The molecule has 10 heavy (non-hydrogen) atoms. The topological polar surface area (TPSA) is 57.5 Å². The average molecular weight is 146 g/mol. The van der Waals surface area contributed by atoms with Crippen LogP contribution in [-0.4, -0.2) is 22.3 Å². The predicted octanol–water partition coefficient (Wildman–Crippen LogP) is 0.868. The number of aliphatic hydroxyl groups is 1. The number of aliphatic carboxylic acids is 1. The maximum absolute atomic E-state index is 10.2. The van der Waals surface area contributed by atoms with E-state index < -0.39 is 12.1 Å². The first kappa shape index (κ1) is 9.43. The van der Waals surface area contributed by atoms with Crippen molar-refractivity contribution >= 4 is 5.97 Å². The summed E-state index contributed by atoms with van der Waals surface area (Å²) in [7, 11) is 0. The quantitative estimate of drug-likeness (QED) is 0.618. The molecular weight excluding hydrogens is 132 g/mol. The lowest BCUT2D eigenvalue weighted by Gasteiger charge is -2.14. The van der Waals surface area contributed by atoms with E-state index in [-0.39, 0.29) is 5.92 Å². The molecule has 0 aliphatic carbocycles. The van der Waals surface area contributed by atoms with Crippen molar-refractivity contribution in [3.05, 3.63) is 0 Å². The molecule has 1 atom stereocenters. The molecule has 0 rings (SSSR count). The minimum atomic E-state index is -1.19. The summed E-state index contributed by atoms with van der Waals surface area (Å²) in [5, 5.41) is 17.4. The van der Waals surface area contributed by atoms with Gasteiger partial charge in [0.15, 0.2) is 6.10 Å². The molecule has 0 aromatic heterocycles. The van der Waals surface area contributed by atoms with Gasteiger partial charge >= 0.3 is 5.97 Å². The molecule has 0 aliphatic rings. The summed E-state index contributed by atoms with van der Waals surface area (Å²) in [6.07, 6.45) is 0.239. The lowest BCUT2D eigenvalue weighted by atomic mass is 9.97. The summed E-state index contributed by atoms with van der Waals surface area (Å²) in [4.78, 5) is 10.2. The van der Waals surface area contributed by atoms with Crippen LogP contribution in [0.5, 0.6) is 0 Å². The molecule has 2 N–H and O–H groups in total. The second-order valence-corrected chi connectivity index (χ2v) is 2.36. The molecule has 0 saturated heterocycles. The van der Waals surface area contributed by atoms with Crippen LogP contribution in [0.1, 0.15) is 26.7 Å². The van der Waals surface area contributed by atoms with Gasteiger partial charge in [0.25, 0.3) is 0 Å². The first-order valence-corrected chi connectivity index (χ1v) is 3.54. The molecule has 60 valence electrons. The first-order chi connectivity index (χ1) is 4.63. The Bertz CT molecular complexity index is 107. The van der Waals surface area contributed by atoms with E-state index >= 15 is 0 Å². The van der Waals surface area contributed by atoms with Crippen molar-refractivity contribution < 1.29 is 15.0 Å². The third-order valence-corrected chi connectivity index (χ3v) is 1.75. The minimum Gasteiger partial charge on any atom is -0.479 e. The number of carboxylic acids is 1. The first-order valence-electron chi connectivity index (χ1n) is 3.54. The van der Waals surface area contributed by atoms with Gasteiger partial charge in [-0.05, 0) is 5.92 Å². The molecule has 3 heteroatoms. The van der Waals surface area contributed by atoms with Gasteiger partial charge in [-0.25, -0.2) is 4.79 Å². The van der Waals surface area contributed by atoms with Gasteiger partial charge in [0, 0.05) is 0 Å². The van der Waals surface area contributed by atoms with Crippen LogP contribution in [0.3, 0.4) is 0 Å². The standard InChI is InChI=1S/C7H14O3/c1-3-5(4-2)6(8)7(9)10/h5-6,8H,3-4H2,1-2H3,(H,9,10)/t6-/m1/s1. The number of hydrogen-bond donors (Lipinski definition) is 2. The lowest BCUT2D eigenvalue weighted by Crippen LogP contribution is -2.28. The van der Waals surface area contributed by atoms with Crippen LogP contribution in [0.2, 0.25) is 0 Å². The minimum absolute atomic E-state index is 0.0995. The van der Waals surface area contributed by atoms with Crippen molar-refractivity contribution in [3.8, 4) is 0 Å².